The molecule has 0 aliphatic carbocycles. The van der Waals surface area contributed by atoms with Crippen LogP contribution in [0.4, 0.5) is 4.39 Å². The number of carbonyl (C=O) groups excluding carboxylic acids is 1. The third kappa shape index (κ3) is 3.78. The number of thiazole rings is 1. The van der Waals surface area contributed by atoms with Crippen LogP contribution < -0.4 is 5.32 Å². The lowest BCUT2D eigenvalue weighted by molar-refractivity contribution is -0.120. The van der Waals surface area contributed by atoms with Gasteiger partial charge in [0, 0.05) is 11.9 Å². The van der Waals surface area contributed by atoms with E-state index in [9.17, 15) is 9.18 Å². The maximum Gasteiger partial charge on any atom is 0.226 e. The fraction of sp³-hybridized carbons (Fsp3) is 0.125. The Hall–Kier alpha value is -2.05. The summed E-state index contributed by atoms with van der Waals surface area (Å²) in [5.41, 5.74) is 1.64. The van der Waals surface area contributed by atoms with Gasteiger partial charge in [-0.05, 0) is 29.1 Å². The molecule has 0 bridgehead atoms. The molecule has 0 aliphatic rings. The molecule has 0 saturated heterocycles. The normalized spacial score (nSPS) is 10.6. The van der Waals surface area contributed by atoms with Crippen LogP contribution in [0.1, 0.15) is 11.3 Å². The van der Waals surface area contributed by atoms with Gasteiger partial charge in [0.05, 0.1) is 17.0 Å². The quantitative estimate of drug-likeness (QED) is 0.771. The van der Waals surface area contributed by atoms with Crippen molar-refractivity contribution >= 4 is 28.6 Å². The number of halogens is 1. The van der Waals surface area contributed by atoms with Crippen LogP contribution >= 0.6 is 22.7 Å². The maximum absolute atomic E-state index is 12.8. The van der Waals surface area contributed by atoms with Gasteiger partial charge in [-0.15, -0.1) is 22.7 Å². The van der Waals surface area contributed by atoms with Crippen molar-refractivity contribution in [2.45, 2.75) is 13.0 Å². The third-order valence-corrected chi connectivity index (χ3v) is 4.96. The van der Waals surface area contributed by atoms with Crippen molar-refractivity contribution in [3.8, 4) is 9.88 Å². The molecule has 2 aromatic heterocycles. The standard InChI is InChI=1S/C16H13FN2OS2/c17-12-5-3-11(4-6-12)9-18-15(20)8-13-10-22-16(19-13)14-2-1-7-21-14/h1-7,10H,8-9H2,(H,18,20). The second-order valence-corrected chi connectivity index (χ2v) is 6.51. The molecule has 22 heavy (non-hydrogen) atoms. The molecule has 1 N–H and O–H groups in total. The maximum atomic E-state index is 12.8. The topological polar surface area (TPSA) is 42.0 Å². The first-order valence-electron chi connectivity index (χ1n) is 6.70. The van der Waals surface area contributed by atoms with Gasteiger partial charge in [0.1, 0.15) is 10.8 Å². The van der Waals surface area contributed by atoms with E-state index in [-0.39, 0.29) is 18.1 Å². The van der Waals surface area contributed by atoms with Crippen LogP contribution in [0.2, 0.25) is 0 Å². The molecule has 3 aromatic rings. The van der Waals surface area contributed by atoms with E-state index >= 15 is 0 Å². The molecule has 3 rings (SSSR count). The molecule has 1 aromatic carbocycles. The van der Waals surface area contributed by atoms with Crippen molar-refractivity contribution in [1.29, 1.82) is 0 Å². The number of benzene rings is 1. The van der Waals surface area contributed by atoms with E-state index in [1.54, 1.807) is 34.8 Å². The van der Waals surface area contributed by atoms with Crippen molar-refractivity contribution in [3.63, 3.8) is 0 Å². The van der Waals surface area contributed by atoms with Crippen LogP contribution in [0.3, 0.4) is 0 Å². The summed E-state index contributed by atoms with van der Waals surface area (Å²) in [5, 5.41) is 7.67. The summed E-state index contributed by atoms with van der Waals surface area (Å²) >= 11 is 3.18. The molecule has 112 valence electrons. The summed E-state index contributed by atoms with van der Waals surface area (Å²) < 4.78 is 12.8. The van der Waals surface area contributed by atoms with Crippen molar-refractivity contribution in [2.75, 3.05) is 0 Å². The second-order valence-electron chi connectivity index (χ2n) is 4.70. The molecule has 3 nitrogen and oxygen atoms in total. The van der Waals surface area contributed by atoms with Gasteiger partial charge < -0.3 is 5.32 Å². The number of hydrogen-bond donors (Lipinski definition) is 1. The third-order valence-electron chi connectivity index (χ3n) is 3.03. The smallest absolute Gasteiger partial charge is 0.226 e. The van der Waals surface area contributed by atoms with Gasteiger partial charge in [-0.2, -0.15) is 0 Å². The Morgan fingerprint density at radius 3 is 2.73 bits per heavy atom. The van der Waals surface area contributed by atoms with Crippen LogP contribution in [0.15, 0.2) is 47.2 Å². The fourth-order valence-electron chi connectivity index (χ4n) is 1.93. The molecule has 0 spiro atoms. The van der Waals surface area contributed by atoms with E-state index < -0.39 is 0 Å². The van der Waals surface area contributed by atoms with Crippen LogP contribution in [-0.4, -0.2) is 10.9 Å². The van der Waals surface area contributed by atoms with Gasteiger partial charge in [0.15, 0.2) is 0 Å². The Labute approximate surface area is 135 Å². The average molecular weight is 332 g/mol. The molecule has 1 amide bonds. The first-order chi connectivity index (χ1) is 10.7. The molecule has 0 radical (unpaired) electrons. The van der Waals surface area contributed by atoms with E-state index in [1.807, 2.05) is 22.9 Å². The largest absolute Gasteiger partial charge is 0.352 e. The number of aromatic nitrogens is 1. The average Bonchev–Trinajstić information content (AvgIpc) is 3.17. The van der Waals surface area contributed by atoms with Crippen LogP contribution in [0, 0.1) is 5.82 Å². The number of nitrogens with one attached hydrogen (secondary N) is 1. The van der Waals surface area contributed by atoms with Gasteiger partial charge >= 0.3 is 0 Å². The first kappa shape index (κ1) is 14.9. The zero-order valence-electron chi connectivity index (χ0n) is 11.6. The van der Waals surface area contributed by atoms with Gasteiger partial charge in [0.25, 0.3) is 0 Å². The summed E-state index contributed by atoms with van der Waals surface area (Å²) in [6.45, 7) is 0.390. The first-order valence-corrected chi connectivity index (χ1v) is 8.46. The monoisotopic (exact) mass is 332 g/mol. The number of amides is 1. The number of thiophene rings is 1. The van der Waals surface area contributed by atoms with Crippen LogP contribution in [-0.2, 0) is 17.8 Å². The highest BCUT2D eigenvalue weighted by molar-refractivity contribution is 7.20. The Kier molecular flexibility index (Phi) is 4.60. The van der Waals surface area contributed by atoms with Gasteiger partial charge in [-0.1, -0.05) is 18.2 Å². The molecule has 6 heteroatoms. The Bertz CT molecular complexity index is 751. The SMILES string of the molecule is O=C(Cc1csc(-c2cccs2)n1)NCc1ccc(F)cc1. The number of hydrogen-bond acceptors (Lipinski definition) is 4. The molecule has 0 aliphatic heterocycles. The minimum absolute atomic E-state index is 0.0904. The van der Waals surface area contributed by atoms with E-state index in [2.05, 4.69) is 10.3 Å². The highest BCUT2D eigenvalue weighted by Crippen LogP contribution is 2.27. The van der Waals surface area contributed by atoms with Crippen molar-refractivity contribution in [3.05, 3.63) is 64.2 Å². The van der Waals surface area contributed by atoms with E-state index in [0.29, 0.717) is 6.54 Å². The van der Waals surface area contributed by atoms with Crippen LogP contribution in [0.5, 0.6) is 0 Å². The summed E-state index contributed by atoms with van der Waals surface area (Å²) in [4.78, 5) is 17.5. The Morgan fingerprint density at radius 1 is 1.18 bits per heavy atom. The van der Waals surface area contributed by atoms with E-state index in [0.717, 1.165) is 21.1 Å². The zero-order valence-corrected chi connectivity index (χ0v) is 13.2. The molecule has 0 fully saturated rings. The number of carbonyl (C=O) groups is 1. The minimum atomic E-state index is -0.279. The minimum Gasteiger partial charge on any atom is -0.352 e. The molecule has 0 atom stereocenters. The molecular weight excluding hydrogens is 319 g/mol. The van der Waals surface area contributed by atoms with E-state index in [4.69, 9.17) is 0 Å². The molecule has 0 unspecified atom stereocenters. The van der Waals surface area contributed by atoms with Crippen molar-refractivity contribution < 1.29 is 9.18 Å². The highest BCUT2D eigenvalue weighted by atomic mass is 32.1. The summed E-state index contributed by atoms with van der Waals surface area (Å²) in [6.07, 6.45) is 0.253. The highest BCUT2D eigenvalue weighted by Gasteiger charge is 2.09. The fourth-order valence-corrected chi connectivity index (χ4v) is 3.57. The summed E-state index contributed by atoms with van der Waals surface area (Å²) in [6, 6.07) is 10.1. The van der Waals surface area contributed by atoms with E-state index in [1.165, 1.54) is 12.1 Å². The predicted octanol–water partition coefficient (Wildman–Crippen LogP) is 3.87. The lowest BCUT2D eigenvalue weighted by Gasteiger charge is -2.04. The Morgan fingerprint density at radius 2 is 2.00 bits per heavy atom. The molecular formula is C16H13FN2OS2. The number of rotatable bonds is 5. The summed E-state index contributed by atoms with van der Waals surface area (Å²) in [7, 11) is 0. The van der Waals surface area contributed by atoms with Gasteiger partial charge in [-0.25, -0.2) is 9.37 Å². The van der Waals surface area contributed by atoms with Gasteiger partial charge in [-0.3, -0.25) is 4.79 Å². The Balaban J connectivity index is 1.54. The lowest BCUT2D eigenvalue weighted by Crippen LogP contribution is -2.24. The molecule has 0 saturated carbocycles. The van der Waals surface area contributed by atoms with Crippen LogP contribution in [0.25, 0.3) is 9.88 Å². The van der Waals surface area contributed by atoms with Gasteiger partial charge in [0.2, 0.25) is 5.91 Å². The van der Waals surface area contributed by atoms with Crippen molar-refractivity contribution in [2.24, 2.45) is 0 Å². The predicted molar refractivity (Wildman–Crippen MR) is 87.4 cm³/mol. The molecule has 2 heterocycles. The summed E-state index contributed by atoms with van der Waals surface area (Å²) in [5.74, 6) is -0.369. The zero-order chi connectivity index (χ0) is 15.4. The second kappa shape index (κ2) is 6.81. The number of nitrogens with zero attached hydrogens (tertiary/aromatic N) is 1. The van der Waals surface area contributed by atoms with Crippen molar-refractivity contribution in [1.82, 2.24) is 10.3 Å². The lowest BCUT2D eigenvalue weighted by atomic mass is 10.2.